The number of carbonyl (C=O) groups excluding carboxylic acids is 1. The summed E-state index contributed by atoms with van der Waals surface area (Å²) in [6.45, 7) is 3.02. The number of carbonyl (C=O) groups is 1. The Kier molecular flexibility index (Phi) is 5.91. The van der Waals surface area contributed by atoms with E-state index in [1.54, 1.807) is 18.2 Å². The summed E-state index contributed by atoms with van der Waals surface area (Å²) in [6, 6.07) is 6.31. The number of benzene rings is 1. The third kappa shape index (κ3) is 3.91. The largest absolute Gasteiger partial charge is 0.504 e. The first kappa shape index (κ1) is 17.9. The summed E-state index contributed by atoms with van der Waals surface area (Å²) < 4.78 is 10.1. The highest BCUT2D eigenvalue weighted by molar-refractivity contribution is 6.38. The number of nitrogens with zero attached hydrogens (tertiary/aromatic N) is 1. The van der Waals surface area contributed by atoms with E-state index in [9.17, 15) is 9.90 Å². The van der Waals surface area contributed by atoms with E-state index < -0.39 is 12.1 Å². The SMILES string of the molecule is CC#COC(=O)C(C)Oc1cccc(-c2c(Cl)ccnc2Cl)c1O. The van der Waals surface area contributed by atoms with Crippen LogP contribution in [0.3, 0.4) is 0 Å². The Balaban J connectivity index is 2.35. The second kappa shape index (κ2) is 7.91. The highest BCUT2D eigenvalue weighted by Gasteiger charge is 2.21. The Morgan fingerprint density at radius 3 is 2.75 bits per heavy atom. The molecule has 0 spiro atoms. The molecular weight excluding hydrogens is 353 g/mol. The van der Waals surface area contributed by atoms with Crippen LogP contribution in [-0.4, -0.2) is 22.2 Å². The Hall–Kier alpha value is -2.42. The van der Waals surface area contributed by atoms with Crippen LogP contribution in [0.2, 0.25) is 10.2 Å². The molecule has 7 heteroatoms. The summed E-state index contributed by atoms with van der Waals surface area (Å²) in [4.78, 5) is 15.6. The van der Waals surface area contributed by atoms with Crippen molar-refractivity contribution in [3.8, 4) is 34.7 Å². The number of pyridine rings is 1. The normalized spacial score (nSPS) is 11.2. The van der Waals surface area contributed by atoms with Crippen LogP contribution in [0, 0.1) is 12.0 Å². The first-order chi connectivity index (χ1) is 11.5. The molecule has 1 unspecified atom stereocenters. The van der Waals surface area contributed by atoms with Crippen LogP contribution in [0.4, 0.5) is 0 Å². The van der Waals surface area contributed by atoms with Gasteiger partial charge in [-0.2, -0.15) is 0 Å². The molecule has 24 heavy (non-hydrogen) atoms. The summed E-state index contributed by atoms with van der Waals surface area (Å²) in [5.74, 6) is 1.63. The highest BCUT2D eigenvalue weighted by atomic mass is 35.5. The summed E-state index contributed by atoms with van der Waals surface area (Å²) in [7, 11) is 0. The molecule has 1 atom stereocenters. The average Bonchev–Trinajstić information content (AvgIpc) is 2.55. The Bertz CT molecular complexity index is 807. The van der Waals surface area contributed by atoms with Gasteiger partial charge in [0.1, 0.15) is 11.3 Å². The number of para-hydroxylation sites is 1. The van der Waals surface area contributed by atoms with Crippen molar-refractivity contribution >= 4 is 29.2 Å². The van der Waals surface area contributed by atoms with E-state index in [4.69, 9.17) is 27.9 Å². The fourth-order valence-corrected chi connectivity index (χ4v) is 2.45. The van der Waals surface area contributed by atoms with Gasteiger partial charge in [0.15, 0.2) is 17.6 Å². The van der Waals surface area contributed by atoms with E-state index in [-0.39, 0.29) is 16.7 Å². The third-order valence-corrected chi connectivity index (χ3v) is 3.61. The fraction of sp³-hybridized carbons (Fsp3) is 0.176. The topological polar surface area (TPSA) is 68.7 Å². The first-order valence-corrected chi connectivity index (χ1v) is 7.62. The molecular formula is C17H13Cl2NO4. The van der Waals surface area contributed by atoms with Gasteiger partial charge in [-0.1, -0.05) is 41.3 Å². The number of phenols is 1. The fourth-order valence-electron chi connectivity index (χ4n) is 1.90. The zero-order valence-corrected chi connectivity index (χ0v) is 14.4. The molecule has 1 aromatic carbocycles. The molecule has 0 aliphatic carbocycles. The van der Waals surface area contributed by atoms with Crippen LogP contribution < -0.4 is 4.74 Å². The molecule has 2 rings (SSSR count). The molecule has 0 aliphatic heterocycles. The number of aromatic nitrogens is 1. The third-order valence-electron chi connectivity index (χ3n) is 3.01. The second-order valence-electron chi connectivity index (χ2n) is 4.64. The predicted octanol–water partition coefficient (Wildman–Crippen LogP) is 4.05. The van der Waals surface area contributed by atoms with Gasteiger partial charge in [-0.3, -0.25) is 0 Å². The van der Waals surface area contributed by atoms with Crippen LogP contribution in [0.1, 0.15) is 13.8 Å². The van der Waals surface area contributed by atoms with Crippen molar-refractivity contribution < 1.29 is 19.4 Å². The Labute approximate surface area is 149 Å². The second-order valence-corrected chi connectivity index (χ2v) is 5.41. The zero-order chi connectivity index (χ0) is 17.7. The monoisotopic (exact) mass is 365 g/mol. The maximum Gasteiger partial charge on any atom is 0.360 e. The summed E-state index contributed by atoms with van der Waals surface area (Å²) in [6.07, 6.45) is 2.69. The standard InChI is InChI=1S/C17H13Cl2NO4/c1-3-9-23-17(22)10(2)24-13-6-4-5-11(15(13)21)14-12(18)7-8-20-16(14)19/h4-8,10,21H,1-2H3. The number of esters is 1. The Morgan fingerprint density at radius 2 is 2.08 bits per heavy atom. The maximum absolute atomic E-state index is 11.7. The smallest absolute Gasteiger partial charge is 0.360 e. The number of hydrogen-bond donors (Lipinski definition) is 1. The lowest BCUT2D eigenvalue weighted by molar-refractivity contribution is -0.144. The number of phenolic OH excluding ortho intramolecular Hbond substituents is 1. The molecule has 124 valence electrons. The zero-order valence-electron chi connectivity index (χ0n) is 12.8. The van der Waals surface area contributed by atoms with Gasteiger partial charge >= 0.3 is 5.97 Å². The van der Waals surface area contributed by atoms with Crippen molar-refractivity contribution in [2.24, 2.45) is 0 Å². The van der Waals surface area contributed by atoms with E-state index in [2.05, 4.69) is 21.7 Å². The van der Waals surface area contributed by atoms with Gasteiger partial charge in [0, 0.05) is 24.2 Å². The molecule has 0 amide bonds. The summed E-state index contributed by atoms with van der Waals surface area (Å²) in [5, 5.41) is 10.9. The van der Waals surface area contributed by atoms with Gasteiger partial charge in [-0.15, -0.1) is 0 Å². The van der Waals surface area contributed by atoms with E-state index in [0.29, 0.717) is 16.1 Å². The van der Waals surface area contributed by atoms with Crippen LogP contribution >= 0.6 is 23.2 Å². The van der Waals surface area contributed by atoms with Gasteiger partial charge in [-0.05, 0) is 19.1 Å². The number of aromatic hydroxyl groups is 1. The molecule has 0 saturated heterocycles. The number of ether oxygens (including phenoxy) is 2. The van der Waals surface area contributed by atoms with Gasteiger partial charge in [0.05, 0.1) is 5.02 Å². The maximum atomic E-state index is 11.7. The van der Waals surface area contributed by atoms with E-state index >= 15 is 0 Å². The lowest BCUT2D eigenvalue weighted by atomic mass is 10.1. The van der Waals surface area contributed by atoms with Crippen molar-refractivity contribution in [3.05, 3.63) is 40.6 Å². The van der Waals surface area contributed by atoms with E-state index in [1.807, 2.05) is 0 Å². The molecule has 0 bridgehead atoms. The van der Waals surface area contributed by atoms with Crippen LogP contribution in [-0.2, 0) is 9.53 Å². The lowest BCUT2D eigenvalue weighted by Crippen LogP contribution is -2.24. The minimum Gasteiger partial charge on any atom is -0.504 e. The van der Waals surface area contributed by atoms with Crippen LogP contribution in [0.15, 0.2) is 30.5 Å². The van der Waals surface area contributed by atoms with Crippen molar-refractivity contribution in [1.82, 2.24) is 4.98 Å². The number of hydrogen-bond acceptors (Lipinski definition) is 5. The van der Waals surface area contributed by atoms with Gasteiger partial charge in [-0.25, -0.2) is 9.78 Å². The molecule has 0 saturated carbocycles. The van der Waals surface area contributed by atoms with Gasteiger partial charge in [0.2, 0.25) is 0 Å². The highest BCUT2D eigenvalue weighted by Crippen LogP contribution is 2.42. The van der Waals surface area contributed by atoms with Crippen molar-refractivity contribution in [1.29, 1.82) is 0 Å². The van der Waals surface area contributed by atoms with Crippen LogP contribution in [0.5, 0.6) is 11.5 Å². The van der Waals surface area contributed by atoms with Crippen molar-refractivity contribution in [3.63, 3.8) is 0 Å². The van der Waals surface area contributed by atoms with Gasteiger partial charge < -0.3 is 14.6 Å². The van der Waals surface area contributed by atoms with Crippen molar-refractivity contribution in [2.45, 2.75) is 20.0 Å². The molecule has 2 aromatic rings. The molecule has 1 N–H and O–H groups in total. The summed E-state index contributed by atoms with van der Waals surface area (Å²) >= 11 is 12.2. The molecule has 1 heterocycles. The predicted molar refractivity (Wildman–Crippen MR) is 91.0 cm³/mol. The van der Waals surface area contributed by atoms with Crippen molar-refractivity contribution in [2.75, 3.05) is 0 Å². The summed E-state index contributed by atoms with van der Waals surface area (Å²) in [5.41, 5.74) is 0.709. The molecule has 1 aromatic heterocycles. The molecule has 0 fully saturated rings. The average molecular weight is 366 g/mol. The first-order valence-electron chi connectivity index (χ1n) is 6.87. The number of halogens is 2. The van der Waals surface area contributed by atoms with Gasteiger partial charge in [0.25, 0.3) is 0 Å². The minimum absolute atomic E-state index is 0.0809. The minimum atomic E-state index is -0.966. The van der Waals surface area contributed by atoms with E-state index in [0.717, 1.165) is 0 Å². The molecule has 0 radical (unpaired) electrons. The number of rotatable bonds is 4. The van der Waals surface area contributed by atoms with Crippen LogP contribution in [0.25, 0.3) is 11.1 Å². The quantitative estimate of drug-likeness (QED) is 0.502. The molecule has 0 aliphatic rings. The lowest BCUT2D eigenvalue weighted by Gasteiger charge is -2.15. The van der Waals surface area contributed by atoms with E-state index in [1.165, 1.54) is 26.1 Å². The Morgan fingerprint density at radius 1 is 1.33 bits per heavy atom. The molecule has 5 nitrogen and oxygen atoms in total.